The molecule has 1 aromatic rings. The van der Waals surface area contributed by atoms with Gasteiger partial charge in [-0.1, -0.05) is 0 Å². The number of carbonyl (C=O) groups excluding carboxylic acids is 2. The summed E-state index contributed by atoms with van der Waals surface area (Å²) in [6, 6.07) is 3.72. The fraction of sp³-hybridized carbons (Fsp3) is 0.529. The van der Waals surface area contributed by atoms with E-state index in [-0.39, 0.29) is 53.8 Å². The third kappa shape index (κ3) is 7.99. The molecule has 1 heterocycles. The number of hydrogen-bond donors (Lipinski definition) is 5. The lowest BCUT2D eigenvalue weighted by atomic mass is 9.87. The van der Waals surface area contributed by atoms with Crippen LogP contribution in [0.25, 0.3) is 0 Å². The van der Waals surface area contributed by atoms with Crippen molar-refractivity contribution in [3.8, 4) is 0 Å². The Labute approximate surface area is 174 Å². The van der Waals surface area contributed by atoms with E-state index in [1.165, 1.54) is 18.2 Å². The second-order valence-electron chi connectivity index (χ2n) is 7.18. The molecule has 1 amide bonds. The summed E-state index contributed by atoms with van der Waals surface area (Å²) in [5, 5.41) is 5.54. The van der Waals surface area contributed by atoms with E-state index < -0.39 is 37.9 Å². The summed E-state index contributed by atoms with van der Waals surface area (Å²) in [7, 11) is -8.10. The van der Waals surface area contributed by atoms with Gasteiger partial charge in [0.05, 0.1) is 17.5 Å². The van der Waals surface area contributed by atoms with Crippen LogP contribution in [0.4, 0.5) is 5.69 Å². The summed E-state index contributed by atoms with van der Waals surface area (Å²) < 4.78 is 60.2. The molecule has 13 heteroatoms. The second kappa shape index (κ2) is 9.83. The van der Waals surface area contributed by atoms with E-state index in [4.69, 9.17) is 14.8 Å². The van der Waals surface area contributed by atoms with Crippen molar-refractivity contribution in [1.29, 1.82) is 0 Å². The normalized spacial score (nSPS) is 19.1. The lowest BCUT2D eigenvalue weighted by molar-refractivity contribution is 0.0859. The molecule has 1 aromatic carbocycles. The van der Waals surface area contributed by atoms with Crippen molar-refractivity contribution in [3.63, 3.8) is 0 Å². The van der Waals surface area contributed by atoms with Gasteiger partial charge in [0.2, 0.25) is 0 Å². The van der Waals surface area contributed by atoms with E-state index in [9.17, 15) is 26.4 Å². The molecule has 0 bridgehead atoms. The minimum atomic E-state index is -4.10. The van der Waals surface area contributed by atoms with Gasteiger partial charge in [0.15, 0.2) is 5.78 Å². The molecule has 2 atom stereocenters. The number of rotatable bonds is 11. The quantitative estimate of drug-likeness (QED) is 0.128. The fourth-order valence-electron chi connectivity index (χ4n) is 3.13. The molecular weight excluding hydrogens is 438 g/mol. The van der Waals surface area contributed by atoms with Gasteiger partial charge in [0.25, 0.3) is 26.1 Å². The van der Waals surface area contributed by atoms with Crippen LogP contribution in [0.15, 0.2) is 18.2 Å². The first-order valence-electron chi connectivity index (χ1n) is 9.23. The van der Waals surface area contributed by atoms with Gasteiger partial charge < -0.3 is 16.4 Å². The Morgan fingerprint density at radius 2 is 1.60 bits per heavy atom. The number of hydrogen-bond acceptors (Lipinski definition) is 8. The van der Waals surface area contributed by atoms with Crippen molar-refractivity contribution in [2.45, 2.75) is 37.8 Å². The topological polar surface area (TPSA) is 193 Å². The van der Waals surface area contributed by atoms with E-state index in [0.717, 1.165) is 0 Å². The minimum Gasteiger partial charge on any atom is -0.399 e. The fourth-order valence-corrected chi connectivity index (χ4v) is 4.17. The number of Topliss-reactive ketones (excluding diaryl/α,β-unsaturated/α-hetero) is 1. The summed E-state index contributed by atoms with van der Waals surface area (Å²) in [5.41, 5.74) is 6.40. The van der Waals surface area contributed by atoms with Crippen molar-refractivity contribution < 1.29 is 35.5 Å². The highest BCUT2D eigenvalue weighted by atomic mass is 32.2. The van der Waals surface area contributed by atoms with Crippen LogP contribution in [0.1, 0.15) is 46.4 Å². The van der Waals surface area contributed by atoms with Crippen molar-refractivity contribution in [3.05, 3.63) is 29.3 Å². The molecule has 0 aromatic heterocycles. The first-order valence-corrected chi connectivity index (χ1v) is 12.5. The van der Waals surface area contributed by atoms with Crippen molar-refractivity contribution in [2.75, 3.05) is 23.8 Å². The van der Waals surface area contributed by atoms with Crippen LogP contribution in [0, 0.1) is 0 Å². The lowest BCUT2D eigenvalue weighted by Gasteiger charge is -2.36. The number of benzene rings is 1. The smallest absolute Gasteiger partial charge is 0.264 e. The third-order valence-electron chi connectivity index (χ3n) is 4.60. The molecule has 2 rings (SSSR count). The Morgan fingerprint density at radius 1 is 1.03 bits per heavy atom. The number of nitrogens with one attached hydrogen (secondary N) is 2. The Morgan fingerprint density at radius 3 is 2.20 bits per heavy atom. The zero-order valence-corrected chi connectivity index (χ0v) is 17.7. The molecule has 6 N–H and O–H groups in total. The van der Waals surface area contributed by atoms with Crippen molar-refractivity contribution >= 4 is 37.6 Å². The molecule has 1 aliphatic heterocycles. The highest BCUT2D eigenvalue weighted by Gasteiger charge is 2.34. The van der Waals surface area contributed by atoms with Gasteiger partial charge in [-0.25, -0.2) is 0 Å². The van der Waals surface area contributed by atoms with Crippen LogP contribution in [0.5, 0.6) is 0 Å². The van der Waals surface area contributed by atoms with Gasteiger partial charge in [-0.3, -0.25) is 18.7 Å². The van der Waals surface area contributed by atoms with Crippen LogP contribution in [-0.4, -0.2) is 67.8 Å². The van der Waals surface area contributed by atoms with E-state index >= 15 is 0 Å². The molecule has 1 saturated heterocycles. The number of anilines is 1. The van der Waals surface area contributed by atoms with Gasteiger partial charge in [0.1, 0.15) is 0 Å². The van der Waals surface area contributed by atoms with Gasteiger partial charge in [-0.15, -0.1) is 0 Å². The Hall–Kier alpha value is -2.06. The number of nitrogen functional groups attached to an aromatic ring is 1. The molecule has 30 heavy (non-hydrogen) atoms. The maximum absolute atomic E-state index is 12.6. The number of carbonyl (C=O) groups is 2. The van der Waals surface area contributed by atoms with Crippen LogP contribution in [0.3, 0.4) is 0 Å². The largest absolute Gasteiger partial charge is 0.399 e. The zero-order chi connectivity index (χ0) is 22.5. The highest BCUT2D eigenvalue weighted by molar-refractivity contribution is 7.86. The number of amides is 1. The van der Waals surface area contributed by atoms with E-state index in [1.807, 2.05) is 0 Å². The maximum Gasteiger partial charge on any atom is 0.264 e. The average Bonchev–Trinajstić information content (AvgIpc) is 2.57. The van der Waals surface area contributed by atoms with Gasteiger partial charge in [-0.05, 0) is 43.9 Å². The van der Waals surface area contributed by atoms with E-state index in [0.29, 0.717) is 12.8 Å². The molecule has 0 radical (unpaired) electrons. The Bertz CT molecular complexity index is 1000. The molecule has 1 aliphatic rings. The molecule has 1 fully saturated rings. The summed E-state index contributed by atoms with van der Waals surface area (Å²) in [5.74, 6) is -1.60. The van der Waals surface area contributed by atoms with Gasteiger partial charge >= 0.3 is 0 Å². The Kier molecular flexibility index (Phi) is 7.93. The predicted octanol–water partition coefficient (Wildman–Crippen LogP) is -0.142. The molecule has 0 aliphatic carbocycles. The van der Waals surface area contributed by atoms with Gasteiger partial charge in [0, 0.05) is 29.4 Å². The molecule has 11 nitrogen and oxygen atoms in total. The lowest BCUT2D eigenvalue weighted by Crippen LogP contribution is -2.56. The minimum absolute atomic E-state index is 0.0200. The predicted molar refractivity (Wildman–Crippen MR) is 110 cm³/mol. The molecular formula is C17H25N3O8S2. The summed E-state index contributed by atoms with van der Waals surface area (Å²) in [6.45, 7) is 0.0200. The van der Waals surface area contributed by atoms with Crippen molar-refractivity contribution in [2.24, 2.45) is 0 Å². The number of ketones is 1. The molecule has 168 valence electrons. The SMILES string of the molecule is Nc1cc(C(=O)NCCCS(=O)(=O)O)cc(C(=O)C2C[C@H](CCCS(=O)(=O)O)N2)c1. The average molecular weight is 464 g/mol. The van der Waals surface area contributed by atoms with E-state index in [1.54, 1.807) is 0 Å². The van der Waals surface area contributed by atoms with Crippen LogP contribution >= 0.6 is 0 Å². The standard InChI is InChI=1S/C17H25N3O8S2/c18-13-8-11(7-12(9-13)17(22)19-4-2-6-30(26,27)28)16(21)15-10-14(20-15)3-1-5-29(23,24)25/h7-9,14-15,20H,1-6,10,18H2,(H,19,22)(H,23,24,25)(H,26,27,28)/t14-,15?/m0/s1. The van der Waals surface area contributed by atoms with Crippen LogP contribution in [-0.2, 0) is 20.2 Å². The second-order valence-corrected chi connectivity index (χ2v) is 10.3. The van der Waals surface area contributed by atoms with Crippen LogP contribution in [0.2, 0.25) is 0 Å². The molecule has 1 unspecified atom stereocenters. The van der Waals surface area contributed by atoms with Gasteiger partial charge in [-0.2, -0.15) is 16.8 Å². The highest BCUT2D eigenvalue weighted by Crippen LogP contribution is 2.22. The Balaban J connectivity index is 1.89. The van der Waals surface area contributed by atoms with Crippen molar-refractivity contribution in [1.82, 2.24) is 10.6 Å². The first kappa shape index (κ1) is 24.2. The summed E-state index contributed by atoms with van der Waals surface area (Å²) >= 11 is 0. The maximum atomic E-state index is 12.6. The number of nitrogens with two attached hydrogens (primary N) is 1. The van der Waals surface area contributed by atoms with E-state index in [2.05, 4.69) is 10.6 Å². The summed E-state index contributed by atoms with van der Waals surface area (Å²) in [6.07, 6.45) is 1.30. The molecule has 0 spiro atoms. The first-order chi connectivity index (χ1) is 13.8. The van der Waals surface area contributed by atoms with Crippen LogP contribution < -0.4 is 16.4 Å². The monoisotopic (exact) mass is 463 g/mol. The third-order valence-corrected chi connectivity index (χ3v) is 6.20. The zero-order valence-electron chi connectivity index (χ0n) is 16.1. The summed E-state index contributed by atoms with van der Waals surface area (Å²) in [4.78, 5) is 24.8. The molecule has 0 saturated carbocycles.